The van der Waals surface area contributed by atoms with Gasteiger partial charge in [0.2, 0.25) is 0 Å². The summed E-state index contributed by atoms with van der Waals surface area (Å²) in [5, 5.41) is 0. The third-order valence-corrected chi connectivity index (χ3v) is 3.58. The zero-order valence-electron chi connectivity index (χ0n) is 13.3. The molecule has 2 aromatic rings. The molecule has 0 saturated carbocycles. The van der Waals surface area contributed by atoms with Crippen molar-refractivity contribution in [1.29, 1.82) is 0 Å². The maximum atomic E-state index is 2.27. The van der Waals surface area contributed by atoms with Crippen LogP contribution >= 0.6 is 0 Å². The Balaban J connectivity index is 1.92. The minimum absolute atomic E-state index is 1.14. The second-order valence-electron chi connectivity index (χ2n) is 5.84. The molecule has 0 heterocycles. The van der Waals surface area contributed by atoms with Crippen LogP contribution in [-0.2, 0) is 0 Å². The zero-order valence-corrected chi connectivity index (χ0v) is 13.3. The van der Waals surface area contributed by atoms with Crippen LogP contribution in [0, 0.1) is 6.92 Å². The van der Waals surface area contributed by atoms with Gasteiger partial charge in [-0.1, -0.05) is 66.2 Å². The highest BCUT2D eigenvalue weighted by Crippen LogP contribution is 2.20. The molecule has 0 unspecified atom stereocenters. The van der Waals surface area contributed by atoms with E-state index in [1.54, 1.807) is 0 Å². The van der Waals surface area contributed by atoms with E-state index in [0.29, 0.717) is 0 Å². The van der Waals surface area contributed by atoms with E-state index in [1.165, 1.54) is 28.7 Å². The maximum absolute atomic E-state index is 2.27. The number of allylic oxidation sites excluding steroid dienone is 1. The van der Waals surface area contributed by atoms with Crippen LogP contribution in [0.25, 0.3) is 17.2 Å². The lowest BCUT2D eigenvalue weighted by Gasteiger charge is -2.06. The Morgan fingerprint density at radius 1 is 0.857 bits per heavy atom. The number of aryl methyl sites for hydroxylation is 1. The lowest BCUT2D eigenvalue weighted by atomic mass is 10.0. The molecule has 1 nitrogen and oxygen atoms in total. The Bertz CT molecular complexity index is 562. The molecular weight excluding hydrogens is 254 g/mol. The molecule has 0 amide bonds. The Kier molecular flexibility index (Phi) is 5.77. The highest BCUT2D eigenvalue weighted by molar-refractivity contribution is 5.65. The third-order valence-electron chi connectivity index (χ3n) is 3.58. The predicted molar refractivity (Wildman–Crippen MR) is 93.4 cm³/mol. The molecule has 0 N–H and O–H groups in total. The normalized spacial score (nSPS) is 11.4. The summed E-state index contributed by atoms with van der Waals surface area (Å²) >= 11 is 0. The van der Waals surface area contributed by atoms with Crippen molar-refractivity contribution in [2.45, 2.75) is 19.8 Å². The second kappa shape index (κ2) is 7.80. The number of unbranched alkanes of at least 4 members (excludes halogenated alkanes) is 1. The quantitative estimate of drug-likeness (QED) is 0.671. The molecule has 0 atom stereocenters. The summed E-state index contributed by atoms with van der Waals surface area (Å²) in [5.41, 5.74) is 5.13. The fraction of sp³-hybridized carbons (Fsp3) is 0.300. The Morgan fingerprint density at radius 3 is 2.00 bits per heavy atom. The lowest BCUT2D eigenvalue weighted by molar-refractivity contribution is 0.402. The second-order valence-corrected chi connectivity index (χ2v) is 5.84. The smallest absolute Gasteiger partial charge is 0.00219 e. The molecule has 1 heteroatoms. The monoisotopic (exact) mass is 279 g/mol. The highest BCUT2D eigenvalue weighted by atomic mass is 15.0. The van der Waals surface area contributed by atoms with Crippen LogP contribution in [0.1, 0.15) is 24.0 Å². The SMILES string of the molecule is Cc1ccc(-c2ccc(/C=C\CCCN(C)C)cc2)cc1. The summed E-state index contributed by atoms with van der Waals surface area (Å²) in [6.07, 6.45) is 6.84. The lowest BCUT2D eigenvalue weighted by Crippen LogP contribution is -2.12. The van der Waals surface area contributed by atoms with E-state index in [1.807, 2.05) is 0 Å². The van der Waals surface area contributed by atoms with Gasteiger partial charge in [0.15, 0.2) is 0 Å². The summed E-state index contributed by atoms with van der Waals surface area (Å²) in [7, 11) is 4.24. The molecule has 0 aliphatic rings. The first-order chi connectivity index (χ1) is 10.1. The van der Waals surface area contributed by atoms with E-state index in [0.717, 1.165) is 13.0 Å². The van der Waals surface area contributed by atoms with Crippen molar-refractivity contribution < 1.29 is 0 Å². The van der Waals surface area contributed by atoms with Crippen LogP contribution < -0.4 is 0 Å². The largest absolute Gasteiger partial charge is 0.309 e. The molecular formula is C20H25N. The van der Waals surface area contributed by atoms with Gasteiger partial charge in [-0.05, 0) is 57.1 Å². The topological polar surface area (TPSA) is 3.24 Å². The number of rotatable bonds is 6. The van der Waals surface area contributed by atoms with Crippen molar-refractivity contribution in [3.63, 3.8) is 0 Å². The summed E-state index contributed by atoms with van der Waals surface area (Å²) in [4.78, 5) is 2.23. The van der Waals surface area contributed by atoms with Gasteiger partial charge in [-0.25, -0.2) is 0 Å². The summed E-state index contributed by atoms with van der Waals surface area (Å²) in [5.74, 6) is 0. The number of benzene rings is 2. The van der Waals surface area contributed by atoms with Gasteiger partial charge < -0.3 is 4.90 Å². The van der Waals surface area contributed by atoms with Gasteiger partial charge in [0.1, 0.15) is 0 Å². The third kappa shape index (κ3) is 5.20. The van der Waals surface area contributed by atoms with Crippen molar-refractivity contribution in [3.05, 3.63) is 65.7 Å². The molecule has 0 aliphatic carbocycles. The molecule has 0 bridgehead atoms. The molecule has 2 rings (SSSR count). The molecule has 0 radical (unpaired) electrons. The Morgan fingerprint density at radius 2 is 1.43 bits per heavy atom. The van der Waals surface area contributed by atoms with Crippen molar-refractivity contribution >= 4 is 6.08 Å². The standard InChI is InChI=1S/C20H25N/c1-17-8-12-19(13-9-17)20-14-10-18(11-15-20)7-5-4-6-16-21(2)3/h5,7-15H,4,6,16H2,1-3H3/b7-5-. The van der Waals surface area contributed by atoms with Crippen LogP contribution in [-0.4, -0.2) is 25.5 Å². The van der Waals surface area contributed by atoms with Gasteiger partial charge in [-0.2, -0.15) is 0 Å². The summed E-state index contributed by atoms with van der Waals surface area (Å²) < 4.78 is 0. The first kappa shape index (κ1) is 15.5. The first-order valence-corrected chi connectivity index (χ1v) is 7.63. The highest BCUT2D eigenvalue weighted by Gasteiger charge is 1.96. The van der Waals surface area contributed by atoms with Gasteiger partial charge in [0.25, 0.3) is 0 Å². The van der Waals surface area contributed by atoms with Gasteiger partial charge in [-0.15, -0.1) is 0 Å². The van der Waals surface area contributed by atoms with Crippen LogP contribution in [0.3, 0.4) is 0 Å². The number of hydrogen-bond acceptors (Lipinski definition) is 1. The molecule has 2 aromatic carbocycles. The first-order valence-electron chi connectivity index (χ1n) is 7.63. The summed E-state index contributed by atoms with van der Waals surface area (Å²) in [6, 6.07) is 17.5. The van der Waals surface area contributed by atoms with Gasteiger partial charge >= 0.3 is 0 Å². The van der Waals surface area contributed by atoms with Crippen LogP contribution in [0.5, 0.6) is 0 Å². The fourth-order valence-electron chi connectivity index (χ4n) is 2.28. The average molecular weight is 279 g/mol. The van der Waals surface area contributed by atoms with Crippen molar-refractivity contribution in [3.8, 4) is 11.1 Å². The van der Waals surface area contributed by atoms with Crippen LogP contribution in [0.2, 0.25) is 0 Å². The van der Waals surface area contributed by atoms with Crippen LogP contribution in [0.4, 0.5) is 0 Å². The molecule has 21 heavy (non-hydrogen) atoms. The van der Waals surface area contributed by atoms with E-state index in [-0.39, 0.29) is 0 Å². The van der Waals surface area contributed by atoms with E-state index in [9.17, 15) is 0 Å². The van der Waals surface area contributed by atoms with Gasteiger partial charge in [-0.3, -0.25) is 0 Å². The van der Waals surface area contributed by atoms with E-state index in [4.69, 9.17) is 0 Å². The minimum atomic E-state index is 1.14. The van der Waals surface area contributed by atoms with Gasteiger partial charge in [0.05, 0.1) is 0 Å². The molecule has 0 saturated heterocycles. The number of nitrogens with zero attached hydrogens (tertiary/aromatic N) is 1. The molecule has 0 fully saturated rings. The Labute approximate surface area is 128 Å². The van der Waals surface area contributed by atoms with Crippen molar-refractivity contribution in [1.82, 2.24) is 4.90 Å². The van der Waals surface area contributed by atoms with Crippen LogP contribution in [0.15, 0.2) is 54.6 Å². The van der Waals surface area contributed by atoms with Gasteiger partial charge in [0, 0.05) is 0 Å². The molecule has 0 spiro atoms. The van der Waals surface area contributed by atoms with E-state index < -0.39 is 0 Å². The maximum Gasteiger partial charge on any atom is -0.00219 e. The van der Waals surface area contributed by atoms with Crippen molar-refractivity contribution in [2.75, 3.05) is 20.6 Å². The van der Waals surface area contributed by atoms with E-state index in [2.05, 4.69) is 86.6 Å². The summed E-state index contributed by atoms with van der Waals surface area (Å²) in [6.45, 7) is 3.27. The minimum Gasteiger partial charge on any atom is -0.309 e. The molecule has 0 aliphatic heterocycles. The van der Waals surface area contributed by atoms with E-state index >= 15 is 0 Å². The zero-order chi connectivity index (χ0) is 15.1. The Hall–Kier alpha value is -1.86. The average Bonchev–Trinajstić information content (AvgIpc) is 2.48. The molecule has 110 valence electrons. The number of hydrogen-bond donors (Lipinski definition) is 0. The molecule has 0 aromatic heterocycles. The fourth-order valence-corrected chi connectivity index (χ4v) is 2.28. The van der Waals surface area contributed by atoms with Crippen molar-refractivity contribution in [2.24, 2.45) is 0 Å². The predicted octanol–water partition coefficient (Wildman–Crippen LogP) is 5.02.